The van der Waals surface area contributed by atoms with Crippen molar-refractivity contribution in [2.45, 2.75) is 27.3 Å². The van der Waals surface area contributed by atoms with Crippen molar-refractivity contribution < 1.29 is 14.3 Å². The van der Waals surface area contributed by atoms with Crippen molar-refractivity contribution in [2.75, 3.05) is 23.8 Å². The molecule has 2 amide bonds. The number of nitrogens with zero attached hydrogens (tertiary/aromatic N) is 2. The predicted molar refractivity (Wildman–Crippen MR) is 112 cm³/mol. The monoisotopic (exact) mass is 392 g/mol. The van der Waals surface area contributed by atoms with Crippen LogP contribution < -0.4 is 20.1 Å². The second-order valence-corrected chi connectivity index (χ2v) is 7.13. The third-order valence-corrected chi connectivity index (χ3v) is 4.87. The molecule has 0 saturated carbocycles. The number of anilines is 2. The fraction of sp³-hybridized carbons (Fsp3) is 0.273. The van der Waals surface area contributed by atoms with Gasteiger partial charge in [0.2, 0.25) is 0 Å². The van der Waals surface area contributed by atoms with Crippen LogP contribution in [0.5, 0.6) is 11.5 Å². The molecule has 1 aliphatic heterocycles. The van der Waals surface area contributed by atoms with E-state index in [4.69, 9.17) is 9.47 Å². The van der Waals surface area contributed by atoms with Gasteiger partial charge in [0.25, 0.3) is 0 Å². The van der Waals surface area contributed by atoms with Crippen LogP contribution in [-0.2, 0) is 6.54 Å². The number of hydrogen-bond acceptors (Lipinski definition) is 4. The molecule has 2 aromatic carbocycles. The summed E-state index contributed by atoms with van der Waals surface area (Å²) in [6, 6.07) is 13.4. The zero-order valence-electron chi connectivity index (χ0n) is 16.8. The van der Waals surface area contributed by atoms with Gasteiger partial charge in [-0.25, -0.2) is 4.79 Å². The SMILES string of the molecule is Cc1ccc(Cn2nc(C)c(NC(=O)Nc3ccc4c(c3)OCCO4)c2C)cc1. The minimum Gasteiger partial charge on any atom is -0.486 e. The quantitative estimate of drug-likeness (QED) is 0.695. The van der Waals surface area contributed by atoms with Crippen molar-refractivity contribution in [1.29, 1.82) is 0 Å². The molecule has 2 heterocycles. The van der Waals surface area contributed by atoms with E-state index in [0.29, 0.717) is 42.6 Å². The highest BCUT2D eigenvalue weighted by molar-refractivity contribution is 6.00. The molecule has 7 heteroatoms. The molecule has 7 nitrogen and oxygen atoms in total. The van der Waals surface area contributed by atoms with Crippen molar-refractivity contribution in [2.24, 2.45) is 0 Å². The van der Waals surface area contributed by atoms with Gasteiger partial charge < -0.3 is 20.1 Å². The van der Waals surface area contributed by atoms with E-state index >= 15 is 0 Å². The lowest BCUT2D eigenvalue weighted by atomic mass is 10.1. The van der Waals surface area contributed by atoms with Crippen LogP contribution in [0.4, 0.5) is 16.2 Å². The average Bonchev–Trinajstić information content (AvgIpc) is 2.97. The normalized spacial score (nSPS) is 12.5. The third kappa shape index (κ3) is 4.18. The van der Waals surface area contributed by atoms with Crippen molar-refractivity contribution >= 4 is 17.4 Å². The summed E-state index contributed by atoms with van der Waals surface area (Å²) in [6.07, 6.45) is 0. The molecule has 2 N–H and O–H groups in total. The van der Waals surface area contributed by atoms with Gasteiger partial charge in [-0.3, -0.25) is 4.68 Å². The molecular weight excluding hydrogens is 368 g/mol. The number of hydrogen-bond donors (Lipinski definition) is 2. The Morgan fingerprint density at radius 2 is 1.72 bits per heavy atom. The van der Waals surface area contributed by atoms with Gasteiger partial charge in [0.15, 0.2) is 11.5 Å². The van der Waals surface area contributed by atoms with Crippen molar-refractivity contribution in [3.05, 3.63) is 65.0 Å². The fourth-order valence-electron chi connectivity index (χ4n) is 3.30. The molecule has 150 valence electrons. The highest BCUT2D eigenvalue weighted by Crippen LogP contribution is 2.32. The Hall–Kier alpha value is -3.48. The van der Waals surface area contributed by atoms with E-state index in [2.05, 4.69) is 46.9 Å². The number of carbonyl (C=O) groups is 1. The Labute approximate surface area is 169 Å². The second kappa shape index (κ2) is 7.87. The first-order valence-electron chi connectivity index (χ1n) is 9.57. The van der Waals surface area contributed by atoms with Crippen LogP contribution in [0.25, 0.3) is 0 Å². The van der Waals surface area contributed by atoms with Crippen LogP contribution in [0.2, 0.25) is 0 Å². The van der Waals surface area contributed by atoms with Crippen molar-refractivity contribution in [3.8, 4) is 11.5 Å². The van der Waals surface area contributed by atoms with E-state index in [1.807, 2.05) is 18.5 Å². The van der Waals surface area contributed by atoms with Gasteiger partial charge in [-0.1, -0.05) is 29.8 Å². The minimum atomic E-state index is -0.331. The minimum absolute atomic E-state index is 0.331. The van der Waals surface area contributed by atoms with Crippen LogP contribution in [-0.4, -0.2) is 29.0 Å². The Bertz CT molecular complexity index is 1040. The summed E-state index contributed by atoms with van der Waals surface area (Å²) >= 11 is 0. The molecule has 0 bridgehead atoms. The Morgan fingerprint density at radius 3 is 2.48 bits per heavy atom. The molecular formula is C22H24N4O3. The largest absolute Gasteiger partial charge is 0.486 e. The van der Waals surface area contributed by atoms with Gasteiger partial charge in [0.05, 0.1) is 23.6 Å². The van der Waals surface area contributed by atoms with Crippen LogP contribution in [0, 0.1) is 20.8 Å². The van der Waals surface area contributed by atoms with Gasteiger partial charge in [-0.2, -0.15) is 5.10 Å². The number of ether oxygens (including phenoxy) is 2. The number of benzene rings is 2. The van der Waals surface area contributed by atoms with Crippen LogP contribution >= 0.6 is 0 Å². The summed E-state index contributed by atoms with van der Waals surface area (Å²) in [5, 5.41) is 10.3. The molecule has 0 radical (unpaired) electrons. The van der Waals surface area contributed by atoms with Gasteiger partial charge in [0, 0.05) is 11.8 Å². The molecule has 0 unspecified atom stereocenters. The van der Waals surface area contributed by atoms with Crippen LogP contribution in [0.1, 0.15) is 22.5 Å². The van der Waals surface area contributed by atoms with E-state index < -0.39 is 0 Å². The van der Waals surface area contributed by atoms with Gasteiger partial charge in [0.1, 0.15) is 13.2 Å². The van der Waals surface area contributed by atoms with Gasteiger partial charge in [-0.15, -0.1) is 0 Å². The maximum atomic E-state index is 12.5. The standard InChI is InChI=1S/C22H24N4O3/c1-14-4-6-17(7-5-14)13-26-16(3)21(15(2)25-26)24-22(27)23-18-8-9-19-20(12-18)29-11-10-28-19/h4-9,12H,10-11,13H2,1-3H3,(H2,23,24,27). The number of urea groups is 1. The molecule has 0 saturated heterocycles. The van der Waals surface area contributed by atoms with E-state index in [9.17, 15) is 4.79 Å². The number of rotatable bonds is 4. The molecule has 3 aromatic rings. The van der Waals surface area contributed by atoms with E-state index in [1.165, 1.54) is 5.56 Å². The molecule has 29 heavy (non-hydrogen) atoms. The van der Waals surface area contributed by atoms with Gasteiger partial charge in [-0.05, 0) is 38.5 Å². The highest BCUT2D eigenvalue weighted by atomic mass is 16.6. The predicted octanol–water partition coefficient (Wildman–Crippen LogP) is 4.27. The lowest BCUT2D eigenvalue weighted by Gasteiger charge is -2.19. The van der Waals surface area contributed by atoms with E-state index in [1.54, 1.807) is 18.2 Å². The molecule has 0 aliphatic carbocycles. The zero-order valence-corrected chi connectivity index (χ0v) is 16.8. The lowest BCUT2D eigenvalue weighted by molar-refractivity contribution is 0.171. The highest BCUT2D eigenvalue weighted by Gasteiger charge is 2.16. The Balaban J connectivity index is 1.45. The Kier molecular flexibility index (Phi) is 5.12. The summed E-state index contributed by atoms with van der Waals surface area (Å²) < 4.78 is 13.0. The summed E-state index contributed by atoms with van der Waals surface area (Å²) in [6.45, 7) is 7.59. The van der Waals surface area contributed by atoms with Gasteiger partial charge >= 0.3 is 6.03 Å². The maximum absolute atomic E-state index is 12.5. The first kappa shape index (κ1) is 18.9. The molecule has 0 fully saturated rings. The maximum Gasteiger partial charge on any atom is 0.323 e. The summed E-state index contributed by atoms with van der Waals surface area (Å²) in [5.74, 6) is 1.32. The number of aryl methyl sites for hydroxylation is 2. The van der Waals surface area contributed by atoms with Crippen molar-refractivity contribution in [1.82, 2.24) is 9.78 Å². The molecule has 4 rings (SSSR count). The number of fused-ring (bicyclic) bond motifs is 1. The smallest absolute Gasteiger partial charge is 0.323 e. The number of amides is 2. The summed E-state index contributed by atoms with van der Waals surface area (Å²) in [4.78, 5) is 12.5. The molecule has 0 atom stereocenters. The third-order valence-electron chi connectivity index (χ3n) is 4.87. The summed E-state index contributed by atoms with van der Waals surface area (Å²) in [5.41, 5.74) is 5.40. The Morgan fingerprint density at radius 1 is 1.00 bits per heavy atom. The average molecular weight is 392 g/mol. The second-order valence-electron chi connectivity index (χ2n) is 7.13. The van der Waals surface area contributed by atoms with Crippen LogP contribution in [0.3, 0.4) is 0 Å². The number of aromatic nitrogens is 2. The molecule has 1 aliphatic rings. The van der Waals surface area contributed by atoms with E-state index in [0.717, 1.165) is 17.0 Å². The first-order chi connectivity index (χ1) is 14.0. The topological polar surface area (TPSA) is 77.4 Å². The summed E-state index contributed by atoms with van der Waals surface area (Å²) in [7, 11) is 0. The van der Waals surface area contributed by atoms with Crippen molar-refractivity contribution in [3.63, 3.8) is 0 Å². The number of nitrogens with one attached hydrogen (secondary N) is 2. The fourth-order valence-corrected chi connectivity index (χ4v) is 3.30. The first-order valence-corrected chi connectivity index (χ1v) is 9.57. The van der Waals surface area contributed by atoms with Crippen LogP contribution in [0.15, 0.2) is 42.5 Å². The zero-order chi connectivity index (χ0) is 20.4. The lowest BCUT2D eigenvalue weighted by Crippen LogP contribution is -2.21. The molecule has 0 spiro atoms. The van der Waals surface area contributed by atoms with E-state index in [-0.39, 0.29) is 6.03 Å². The number of carbonyl (C=O) groups excluding carboxylic acids is 1. The molecule has 1 aromatic heterocycles.